The molecule has 0 saturated heterocycles. The Balaban J connectivity index is 4.25. The summed E-state index contributed by atoms with van der Waals surface area (Å²) in [5.74, 6) is 0. The number of allylic oxidation sites excluding steroid dienone is 1. The summed E-state index contributed by atoms with van der Waals surface area (Å²) in [4.78, 5) is 0. The van der Waals surface area contributed by atoms with Crippen LogP contribution in [0.5, 0.6) is 0 Å². The molecule has 0 radical (unpaired) electrons. The summed E-state index contributed by atoms with van der Waals surface area (Å²) in [6.45, 7) is 17.2. The summed E-state index contributed by atoms with van der Waals surface area (Å²) < 4.78 is 6.06. The van der Waals surface area contributed by atoms with E-state index in [1.165, 1.54) is 5.20 Å². The summed E-state index contributed by atoms with van der Waals surface area (Å²) in [7, 11) is -2.90. The fourth-order valence-electron chi connectivity index (χ4n) is 0.853. The van der Waals surface area contributed by atoms with Gasteiger partial charge in [-0.15, -0.1) is 6.58 Å². The van der Waals surface area contributed by atoms with Crippen LogP contribution in [0.1, 0.15) is 6.92 Å². The molecule has 0 saturated carbocycles. The molecule has 0 aromatic carbocycles. The maximum Gasteiger partial charge on any atom is 0.200 e. The van der Waals surface area contributed by atoms with Crippen LogP contribution in [0.15, 0.2) is 11.8 Å². The zero-order valence-corrected chi connectivity index (χ0v) is 10.6. The minimum atomic E-state index is -1.55. The van der Waals surface area contributed by atoms with Crippen molar-refractivity contribution in [3.05, 3.63) is 11.8 Å². The summed E-state index contributed by atoms with van der Waals surface area (Å²) in [5, 5.41) is 1.24. The monoisotopic (exact) mass is 188 g/mol. The lowest BCUT2D eigenvalue weighted by Crippen LogP contribution is -2.43. The predicted octanol–water partition coefficient (Wildman–Crippen LogP) is 3.16. The smallest absolute Gasteiger partial charge is 0.200 e. The fraction of sp³-hybridized carbons (Fsp3) is 0.750. The Kier molecular flexibility index (Phi) is 3.29. The molecule has 0 fully saturated rings. The number of rotatable bonds is 3. The zero-order valence-electron chi connectivity index (χ0n) is 8.62. The van der Waals surface area contributed by atoms with E-state index in [1.54, 1.807) is 0 Å². The molecular weight excluding hydrogens is 168 g/mol. The van der Waals surface area contributed by atoms with Gasteiger partial charge in [0, 0.05) is 0 Å². The molecule has 0 aliphatic heterocycles. The minimum Gasteiger partial charge on any atom is -0.453 e. The maximum atomic E-state index is 6.06. The molecule has 0 aliphatic rings. The lowest BCUT2D eigenvalue weighted by atomic mass is 10.8. The van der Waals surface area contributed by atoms with E-state index in [1.807, 2.05) is 0 Å². The second kappa shape index (κ2) is 3.25. The quantitative estimate of drug-likeness (QED) is 0.618. The molecule has 0 unspecified atom stereocenters. The van der Waals surface area contributed by atoms with Gasteiger partial charge in [-0.1, -0.05) is 5.20 Å². The predicted molar refractivity (Wildman–Crippen MR) is 56.7 cm³/mol. The Bertz CT molecular complexity index is 156. The summed E-state index contributed by atoms with van der Waals surface area (Å²) in [6.07, 6.45) is 0. The van der Waals surface area contributed by atoms with Crippen molar-refractivity contribution in [3.63, 3.8) is 0 Å². The summed E-state index contributed by atoms with van der Waals surface area (Å²) in [5.41, 5.74) is 0. The Morgan fingerprint density at radius 1 is 1.09 bits per heavy atom. The van der Waals surface area contributed by atoms with Crippen molar-refractivity contribution in [2.45, 2.75) is 39.7 Å². The van der Waals surface area contributed by atoms with Crippen LogP contribution < -0.4 is 0 Å². The van der Waals surface area contributed by atoms with Crippen LogP contribution >= 0.6 is 0 Å². The second-order valence-electron chi connectivity index (χ2n) is 4.51. The Hall–Kier alpha value is 0.134. The van der Waals surface area contributed by atoms with E-state index in [2.05, 4.69) is 46.2 Å². The average molecular weight is 188 g/mol. The van der Waals surface area contributed by atoms with Crippen LogP contribution in [0, 0.1) is 0 Å². The van der Waals surface area contributed by atoms with Gasteiger partial charge in [0.05, 0.1) is 0 Å². The summed E-state index contributed by atoms with van der Waals surface area (Å²) in [6, 6.07) is 0. The van der Waals surface area contributed by atoms with Crippen molar-refractivity contribution >= 4 is 16.6 Å². The highest BCUT2D eigenvalue weighted by Crippen LogP contribution is 2.19. The first-order valence-corrected chi connectivity index (χ1v) is 10.3. The van der Waals surface area contributed by atoms with Crippen molar-refractivity contribution in [3.8, 4) is 0 Å². The normalized spacial score (nSPS) is 13.3. The molecule has 0 bridgehead atoms. The van der Waals surface area contributed by atoms with Gasteiger partial charge in [-0.05, 0) is 39.7 Å². The lowest BCUT2D eigenvalue weighted by molar-refractivity contribution is 0.560. The SMILES string of the molecule is C=C(C)[Si](C)(C)O[Si](C)(C)C. The Morgan fingerprint density at radius 3 is 1.55 bits per heavy atom. The van der Waals surface area contributed by atoms with Crippen molar-refractivity contribution < 1.29 is 4.12 Å². The maximum absolute atomic E-state index is 6.06. The molecule has 66 valence electrons. The van der Waals surface area contributed by atoms with Crippen LogP contribution in [0.4, 0.5) is 0 Å². The van der Waals surface area contributed by atoms with Gasteiger partial charge in [-0.25, -0.2) is 0 Å². The first kappa shape index (κ1) is 11.1. The van der Waals surface area contributed by atoms with Crippen LogP contribution in [0.25, 0.3) is 0 Å². The van der Waals surface area contributed by atoms with Gasteiger partial charge < -0.3 is 4.12 Å². The zero-order chi connectivity index (χ0) is 9.28. The lowest BCUT2D eigenvalue weighted by Gasteiger charge is -2.31. The largest absolute Gasteiger partial charge is 0.453 e. The van der Waals surface area contributed by atoms with Crippen molar-refractivity contribution in [1.29, 1.82) is 0 Å². The molecule has 0 atom stereocenters. The van der Waals surface area contributed by atoms with Crippen LogP contribution in [-0.2, 0) is 4.12 Å². The van der Waals surface area contributed by atoms with Gasteiger partial charge in [-0.3, -0.25) is 0 Å². The van der Waals surface area contributed by atoms with Gasteiger partial charge in [0.25, 0.3) is 0 Å². The van der Waals surface area contributed by atoms with E-state index in [4.69, 9.17) is 4.12 Å². The van der Waals surface area contributed by atoms with Crippen molar-refractivity contribution in [2.75, 3.05) is 0 Å². The van der Waals surface area contributed by atoms with Crippen molar-refractivity contribution in [1.82, 2.24) is 0 Å². The first-order chi connectivity index (χ1) is 4.65. The molecule has 1 nitrogen and oxygen atoms in total. The molecule has 0 heterocycles. The molecule has 0 spiro atoms. The standard InChI is InChI=1S/C8H20OSi2/c1-8(2)11(6,7)9-10(3,4)5/h1H2,2-7H3. The van der Waals surface area contributed by atoms with Gasteiger partial charge in [-0.2, -0.15) is 0 Å². The highest BCUT2D eigenvalue weighted by atomic mass is 28.4. The third-order valence-electron chi connectivity index (χ3n) is 1.59. The van der Waals surface area contributed by atoms with Crippen LogP contribution in [0.2, 0.25) is 32.7 Å². The molecule has 3 heteroatoms. The van der Waals surface area contributed by atoms with E-state index in [0.717, 1.165) is 0 Å². The molecular formula is C8H20OSi2. The fourth-order valence-corrected chi connectivity index (χ4v) is 7.67. The molecule has 0 rings (SSSR count). The van der Waals surface area contributed by atoms with Gasteiger partial charge >= 0.3 is 0 Å². The van der Waals surface area contributed by atoms with E-state index in [9.17, 15) is 0 Å². The van der Waals surface area contributed by atoms with Crippen LogP contribution in [0.3, 0.4) is 0 Å². The first-order valence-electron chi connectivity index (χ1n) is 4.01. The highest BCUT2D eigenvalue weighted by Gasteiger charge is 2.29. The van der Waals surface area contributed by atoms with E-state index < -0.39 is 16.6 Å². The second-order valence-corrected chi connectivity index (χ2v) is 13.4. The third-order valence-corrected chi connectivity index (χ3v) is 8.14. The number of hydrogen-bond donors (Lipinski definition) is 0. The molecule has 11 heavy (non-hydrogen) atoms. The average Bonchev–Trinajstić information content (AvgIpc) is 1.56. The Labute approximate surface area is 72.7 Å². The van der Waals surface area contributed by atoms with E-state index in [-0.39, 0.29) is 0 Å². The highest BCUT2D eigenvalue weighted by molar-refractivity contribution is 6.88. The molecule has 0 aromatic rings. The van der Waals surface area contributed by atoms with E-state index >= 15 is 0 Å². The summed E-state index contributed by atoms with van der Waals surface area (Å²) >= 11 is 0. The van der Waals surface area contributed by atoms with Gasteiger partial charge in [0.1, 0.15) is 0 Å². The molecule has 0 amide bonds. The van der Waals surface area contributed by atoms with Gasteiger partial charge in [0.15, 0.2) is 8.32 Å². The molecule has 0 aromatic heterocycles. The Morgan fingerprint density at radius 2 is 1.45 bits per heavy atom. The molecule has 0 N–H and O–H groups in total. The minimum absolute atomic E-state index is 1.24. The van der Waals surface area contributed by atoms with Gasteiger partial charge in [0.2, 0.25) is 8.32 Å². The number of hydrogen-bond acceptors (Lipinski definition) is 1. The van der Waals surface area contributed by atoms with E-state index in [0.29, 0.717) is 0 Å². The topological polar surface area (TPSA) is 9.23 Å². The molecule has 0 aliphatic carbocycles. The van der Waals surface area contributed by atoms with Crippen molar-refractivity contribution in [2.24, 2.45) is 0 Å². The van der Waals surface area contributed by atoms with Crippen LogP contribution in [-0.4, -0.2) is 16.6 Å². The third kappa shape index (κ3) is 4.55.